The third-order valence-corrected chi connectivity index (χ3v) is 9.66. The lowest BCUT2D eigenvalue weighted by Gasteiger charge is -2.29. The number of hydrogen-bond acceptors (Lipinski definition) is 12. The number of alkyl carbamates (subject to hydrolysis) is 1. The molecule has 62 heavy (non-hydrogen) atoms. The van der Waals surface area contributed by atoms with Gasteiger partial charge < -0.3 is 51.4 Å². The number of hydrogen-bond donors (Lipinski definition) is 6. The minimum absolute atomic E-state index is 0.00359. The first-order chi connectivity index (χ1) is 29.6. The van der Waals surface area contributed by atoms with Crippen molar-refractivity contribution in [3.63, 3.8) is 0 Å². The highest BCUT2D eigenvalue weighted by Crippen LogP contribution is 2.24. The standard InChI is InChI=1S/C43H59N7O12/c1-5-13-31(38(54)41(57)46-23-35(52)49-37(39(44)55)29-16-10-7-11-17-29)47-40(56)33-22-30(61-26-28-14-8-6-9-15-28)24-50(33)42(58)32(48-43(59)62-25-27(2)3)18-12-21-45-34(51)19-20-36(53)60-4/h6-11,14-17,27,30-33,37H,5,12-13,18-26H2,1-4H3,(H2,44,55)(H,45,51)(H,46,57)(H,47,56)(H,48,59)(H,49,52). The van der Waals surface area contributed by atoms with Crippen LogP contribution in [0.5, 0.6) is 0 Å². The van der Waals surface area contributed by atoms with E-state index in [0.29, 0.717) is 12.0 Å². The number of ether oxygens (including phenoxy) is 3. The molecule has 1 heterocycles. The number of methoxy groups -OCH3 is 1. The van der Waals surface area contributed by atoms with E-state index in [1.165, 1.54) is 12.0 Å². The number of nitrogens with zero attached hydrogens (tertiary/aromatic N) is 1. The summed E-state index contributed by atoms with van der Waals surface area (Å²) in [6, 6.07) is 12.5. The number of rotatable bonds is 25. The molecule has 0 radical (unpaired) electrons. The summed E-state index contributed by atoms with van der Waals surface area (Å²) < 4.78 is 16.0. The Bertz CT molecular complexity index is 1850. The maximum Gasteiger partial charge on any atom is 0.407 e. The van der Waals surface area contributed by atoms with Crippen molar-refractivity contribution in [2.45, 2.75) is 103 Å². The fraction of sp³-hybridized carbons (Fsp3) is 0.512. The van der Waals surface area contributed by atoms with Crippen LogP contribution < -0.4 is 32.3 Å². The number of ketones is 1. The number of benzene rings is 2. The minimum atomic E-state index is -1.35. The van der Waals surface area contributed by atoms with E-state index in [-0.39, 0.29) is 70.7 Å². The van der Waals surface area contributed by atoms with E-state index >= 15 is 0 Å². The molecule has 1 aliphatic rings. The van der Waals surface area contributed by atoms with E-state index in [2.05, 4.69) is 31.3 Å². The average molecular weight is 866 g/mol. The van der Waals surface area contributed by atoms with Gasteiger partial charge in [0.1, 0.15) is 18.1 Å². The van der Waals surface area contributed by atoms with E-state index in [1.54, 1.807) is 37.3 Å². The number of carbonyl (C=O) groups excluding carboxylic acids is 9. The molecule has 1 fully saturated rings. The van der Waals surface area contributed by atoms with Gasteiger partial charge in [-0.15, -0.1) is 0 Å². The number of Topliss-reactive ketones (excluding diaryl/α,β-unsaturated/α-hetero) is 1. The van der Waals surface area contributed by atoms with Crippen LogP contribution in [0.2, 0.25) is 0 Å². The maximum atomic E-state index is 14.4. The second-order valence-corrected chi connectivity index (χ2v) is 15.1. The van der Waals surface area contributed by atoms with Crippen molar-refractivity contribution >= 4 is 53.3 Å². The second-order valence-electron chi connectivity index (χ2n) is 15.1. The van der Waals surface area contributed by atoms with E-state index in [1.807, 2.05) is 44.2 Å². The molecule has 5 unspecified atom stereocenters. The second kappa shape index (κ2) is 26.1. The summed E-state index contributed by atoms with van der Waals surface area (Å²) in [5, 5.41) is 12.6. The Labute approximate surface area is 360 Å². The topological polar surface area (TPSA) is 271 Å². The Balaban J connectivity index is 1.77. The van der Waals surface area contributed by atoms with Gasteiger partial charge in [0, 0.05) is 25.9 Å². The van der Waals surface area contributed by atoms with Crippen LogP contribution in [0.1, 0.15) is 82.9 Å². The van der Waals surface area contributed by atoms with Gasteiger partial charge in [0.15, 0.2) is 0 Å². The van der Waals surface area contributed by atoms with E-state index in [0.717, 1.165) is 5.56 Å². The van der Waals surface area contributed by atoms with Gasteiger partial charge in [0.2, 0.25) is 35.3 Å². The first-order valence-corrected chi connectivity index (χ1v) is 20.6. The van der Waals surface area contributed by atoms with Crippen molar-refractivity contribution in [2.75, 3.05) is 33.4 Å². The van der Waals surface area contributed by atoms with Crippen molar-refractivity contribution in [1.29, 1.82) is 0 Å². The first-order valence-electron chi connectivity index (χ1n) is 20.6. The molecule has 7 amide bonds. The smallest absolute Gasteiger partial charge is 0.407 e. The van der Waals surface area contributed by atoms with Gasteiger partial charge in [-0.3, -0.25) is 38.4 Å². The molecule has 338 valence electrons. The summed E-state index contributed by atoms with van der Waals surface area (Å²) in [5.74, 6) is -6.21. The Morgan fingerprint density at radius 3 is 2.13 bits per heavy atom. The highest BCUT2D eigenvalue weighted by molar-refractivity contribution is 6.38. The third kappa shape index (κ3) is 16.9. The molecule has 5 atom stereocenters. The summed E-state index contributed by atoms with van der Waals surface area (Å²) in [6.45, 7) is 5.01. The largest absolute Gasteiger partial charge is 0.469 e. The van der Waals surface area contributed by atoms with E-state index in [9.17, 15) is 43.2 Å². The van der Waals surface area contributed by atoms with Crippen molar-refractivity contribution in [1.82, 2.24) is 31.5 Å². The van der Waals surface area contributed by atoms with Gasteiger partial charge in [0.25, 0.3) is 5.91 Å². The molecule has 1 saturated heterocycles. The van der Waals surface area contributed by atoms with Crippen LogP contribution in [0, 0.1) is 5.92 Å². The van der Waals surface area contributed by atoms with Gasteiger partial charge in [-0.2, -0.15) is 0 Å². The zero-order valence-electron chi connectivity index (χ0n) is 35.6. The van der Waals surface area contributed by atoms with Gasteiger partial charge in [0.05, 0.1) is 45.4 Å². The molecular formula is C43H59N7O12. The molecule has 2 aromatic carbocycles. The van der Waals surface area contributed by atoms with Gasteiger partial charge in [-0.25, -0.2) is 4.79 Å². The number of primary amides is 1. The number of esters is 1. The molecule has 0 bridgehead atoms. The van der Waals surface area contributed by atoms with Crippen LogP contribution in [0.4, 0.5) is 4.79 Å². The molecule has 0 spiro atoms. The monoisotopic (exact) mass is 865 g/mol. The molecular weight excluding hydrogens is 807 g/mol. The van der Waals surface area contributed by atoms with Crippen LogP contribution in [0.3, 0.4) is 0 Å². The lowest BCUT2D eigenvalue weighted by molar-refractivity contribution is -0.143. The summed E-state index contributed by atoms with van der Waals surface area (Å²) in [7, 11) is 1.22. The molecule has 19 nitrogen and oxygen atoms in total. The van der Waals surface area contributed by atoms with Gasteiger partial charge >= 0.3 is 12.1 Å². The van der Waals surface area contributed by atoms with Gasteiger partial charge in [-0.1, -0.05) is 87.9 Å². The normalized spacial score (nSPS) is 15.9. The fourth-order valence-corrected chi connectivity index (χ4v) is 6.43. The van der Waals surface area contributed by atoms with Crippen molar-refractivity contribution in [2.24, 2.45) is 11.7 Å². The van der Waals surface area contributed by atoms with Crippen molar-refractivity contribution < 1.29 is 57.4 Å². The van der Waals surface area contributed by atoms with Crippen molar-refractivity contribution in [3.05, 3.63) is 71.8 Å². The molecule has 7 N–H and O–H groups in total. The molecule has 0 aliphatic carbocycles. The Morgan fingerprint density at radius 1 is 0.823 bits per heavy atom. The summed E-state index contributed by atoms with van der Waals surface area (Å²) in [4.78, 5) is 118. The number of nitrogens with one attached hydrogen (secondary N) is 5. The zero-order chi connectivity index (χ0) is 45.6. The van der Waals surface area contributed by atoms with Crippen molar-refractivity contribution in [3.8, 4) is 0 Å². The molecule has 0 aromatic heterocycles. The van der Waals surface area contributed by atoms with Crippen LogP contribution in [0.25, 0.3) is 0 Å². The van der Waals surface area contributed by atoms with E-state index < -0.39 is 90.1 Å². The highest BCUT2D eigenvalue weighted by atomic mass is 16.5. The van der Waals surface area contributed by atoms with Gasteiger partial charge in [-0.05, 0) is 36.3 Å². The molecule has 19 heteroatoms. The minimum Gasteiger partial charge on any atom is -0.469 e. The summed E-state index contributed by atoms with van der Waals surface area (Å²) in [5.41, 5.74) is 6.73. The third-order valence-electron chi connectivity index (χ3n) is 9.66. The van der Waals surface area contributed by atoms with Crippen LogP contribution in [-0.4, -0.2) is 116 Å². The number of carbonyl (C=O) groups is 9. The molecule has 0 saturated carbocycles. The average Bonchev–Trinajstić information content (AvgIpc) is 3.70. The van der Waals surface area contributed by atoms with E-state index in [4.69, 9.17) is 15.2 Å². The van der Waals surface area contributed by atoms with Crippen LogP contribution in [0.15, 0.2) is 60.7 Å². The number of nitrogens with two attached hydrogens (primary N) is 1. The predicted molar refractivity (Wildman–Crippen MR) is 223 cm³/mol. The summed E-state index contributed by atoms with van der Waals surface area (Å²) >= 11 is 0. The quantitative estimate of drug-likeness (QED) is 0.0465. The Kier molecular flexibility index (Phi) is 21.0. The maximum absolute atomic E-state index is 14.4. The van der Waals surface area contributed by atoms with Crippen LogP contribution in [-0.2, 0) is 59.2 Å². The first kappa shape index (κ1) is 50.0. The predicted octanol–water partition coefficient (Wildman–Crippen LogP) is 1.09. The molecule has 1 aliphatic heterocycles. The fourth-order valence-electron chi connectivity index (χ4n) is 6.43. The Hall–Kier alpha value is -6.37. The lowest BCUT2D eigenvalue weighted by Crippen LogP contribution is -2.56. The summed E-state index contributed by atoms with van der Waals surface area (Å²) in [6.07, 6.45) is -1.10. The Morgan fingerprint density at radius 2 is 1.50 bits per heavy atom. The lowest BCUT2D eigenvalue weighted by atomic mass is 10.0. The molecule has 3 rings (SSSR count). The SMILES string of the molecule is CCCC(NC(=O)C1CC(OCc2ccccc2)CN1C(=O)C(CCCNC(=O)CCC(=O)OC)NC(=O)OCC(C)C)C(=O)C(=O)NCC(=O)NC(C(N)=O)c1ccccc1. The molecule has 2 aromatic rings. The number of likely N-dealkylation sites (tertiary alicyclic amines) is 1. The highest BCUT2D eigenvalue weighted by Gasteiger charge is 2.43. The van der Waals surface area contributed by atoms with Crippen LogP contribution >= 0.6 is 0 Å². The number of amides is 7. The zero-order valence-corrected chi connectivity index (χ0v) is 35.6.